The zero-order chi connectivity index (χ0) is 14.5. The van der Waals surface area contributed by atoms with Crippen molar-refractivity contribution in [3.05, 3.63) is 89.4 Å². The second-order valence-corrected chi connectivity index (χ2v) is 5.22. The highest BCUT2D eigenvalue weighted by Crippen LogP contribution is 2.33. The summed E-state index contributed by atoms with van der Waals surface area (Å²) >= 11 is 6.13. The molecule has 0 atom stereocenters. The predicted octanol–water partition coefficient (Wildman–Crippen LogP) is 5.59. The van der Waals surface area contributed by atoms with Crippen molar-refractivity contribution in [2.45, 2.75) is 6.61 Å². The minimum Gasteiger partial charge on any atom is -0.488 e. The molecule has 0 spiro atoms. The van der Waals surface area contributed by atoms with E-state index in [1.54, 1.807) is 0 Å². The van der Waals surface area contributed by atoms with Crippen molar-refractivity contribution in [2.24, 2.45) is 0 Å². The summed E-state index contributed by atoms with van der Waals surface area (Å²) in [4.78, 5) is 0. The molecule has 0 fully saturated rings. The minimum absolute atomic E-state index is 0.544. The number of hydrogen-bond donors (Lipinski definition) is 0. The average Bonchev–Trinajstić information content (AvgIpc) is 2.55. The number of halogens is 1. The van der Waals surface area contributed by atoms with Crippen molar-refractivity contribution in [2.75, 3.05) is 0 Å². The molecule has 0 aromatic heterocycles. The molecule has 0 unspecified atom stereocenters. The number of benzene rings is 3. The molecule has 0 heterocycles. The maximum absolute atomic E-state index is 6.13. The van der Waals surface area contributed by atoms with Crippen molar-refractivity contribution in [3.8, 4) is 16.9 Å². The lowest BCUT2D eigenvalue weighted by molar-refractivity contribution is 0.307. The Morgan fingerprint density at radius 3 is 2.14 bits per heavy atom. The first kappa shape index (κ1) is 13.7. The fourth-order valence-corrected chi connectivity index (χ4v) is 2.38. The Morgan fingerprint density at radius 2 is 1.43 bits per heavy atom. The van der Waals surface area contributed by atoms with E-state index in [0.717, 1.165) is 22.4 Å². The maximum atomic E-state index is 6.13. The highest BCUT2D eigenvalue weighted by Gasteiger charge is 2.07. The van der Waals surface area contributed by atoms with Crippen LogP contribution in [0.3, 0.4) is 0 Å². The van der Waals surface area contributed by atoms with Crippen LogP contribution in [-0.4, -0.2) is 0 Å². The molecule has 0 bridgehead atoms. The molecular weight excluding hydrogens is 280 g/mol. The third-order valence-electron chi connectivity index (χ3n) is 3.26. The van der Waals surface area contributed by atoms with Gasteiger partial charge in [0.1, 0.15) is 12.4 Å². The Labute approximate surface area is 129 Å². The molecular formula is C19H15ClO. The van der Waals surface area contributed by atoms with Gasteiger partial charge in [-0.3, -0.25) is 0 Å². The Bertz CT molecular complexity index is 708. The summed E-state index contributed by atoms with van der Waals surface area (Å²) in [5.41, 5.74) is 3.26. The normalized spacial score (nSPS) is 10.3. The predicted molar refractivity (Wildman–Crippen MR) is 87.7 cm³/mol. The Hall–Kier alpha value is -2.25. The molecule has 0 N–H and O–H groups in total. The average molecular weight is 295 g/mol. The van der Waals surface area contributed by atoms with E-state index < -0.39 is 0 Å². The van der Waals surface area contributed by atoms with Gasteiger partial charge < -0.3 is 4.74 Å². The van der Waals surface area contributed by atoms with E-state index >= 15 is 0 Å². The summed E-state index contributed by atoms with van der Waals surface area (Å²) in [6.07, 6.45) is 0. The first-order valence-electron chi connectivity index (χ1n) is 6.84. The second kappa shape index (κ2) is 6.47. The Kier molecular flexibility index (Phi) is 4.23. The fourth-order valence-electron chi connectivity index (χ4n) is 2.21. The maximum Gasteiger partial charge on any atom is 0.127 e. The fraction of sp³-hybridized carbons (Fsp3) is 0.0526. The Morgan fingerprint density at radius 1 is 0.762 bits per heavy atom. The van der Waals surface area contributed by atoms with E-state index in [2.05, 4.69) is 24.3 Å². The summed E-state index contributed by atoms with van der Waals surface area (Å²) in [7, 11) is 0. The summed E-state index contributed by atoms with van der Waals surface area (Å²) < 4.78 is 5.97. The molecule has 0 amide bonds. The standard InChI is InChI=1S/C19H15ClO/c20-17-11-12-19(21-14-15-7-3-1-4-8-15)18(13-17)16-9-5-2-6-10-16/h1-13H,14H2. The van der Waals surface area contributed by atoms with Gasteiger partial charge in [-0.2, -0.15) is 0 Å². The van der Waals surface area contributed by atoms with E-state index in [9.17, 15) is 0 Å². The zero-order valence-electron chi connectivity index (χ0n) is 11.5. The Balaban J connectivity index is 1.88. The van der Waals surface area contributed by atoms with Gasteiger partial charge in [-0.15, -0.1) is 0 Å². The molecule has 0 aliphatic heterocycles. The van der Waals surface area contributed by atoms with Gasteiger partial charge in [0.25, 0.3) is 0 Å². The lowest BCUT2D eigenvalue weighted by Gasteiger charge is -2.12. The quantitative estimate of drug-likeness (QED) is 0.610. The van der Waals surface area contributed by atoms with Crippen LogP contribution in [-0.2, 0) is 6.61 Å². The van der Waals surface area contributed by atoms with Crippen LogP contribution in [0.2, 0.25) is 5.02 Å². The van der Waals surface area contributed by atoms with Gasteiger partial charge in [0.2, 0.25) is 0 Å². The molecule has 0 saturated heterocycles. The highest BCUT2D eigenvalue weighted by atomic mass is 35.5. The third kappa shape index (κ3) is 3.45. The highest BCUT2D eigenvalue weighted by molar-refractivity contribution is 6.31. The van der Waals surface area contributed by atoms with E-state index in [0.29, 0.717) is 11.6 Å². The number of rotatable bonds is 4. The van der Waals surface area contributed by atoms with Crippen LogP contribution in [0.15, 0.2) is 78.9 Å². The molecule has 3 aromatic rings. The van der Waals surface area contributed by atoms with Crippen LogP contribution in [0.5, 0.6) is 5.75 Å². The van der Waals surface area contributed by atoms with Crippen molar-refractivity contribution < 1.29 is 4.74 Å². The van der Waals surface area contributed by atoms with Gasteiger partial charge in [-0.05, 0) is 29.3 Å². The first-order valence-corrected chi connectivity index (χ1v) is 7.22. The summed E-state index contributed by atoms with van der Waals surface area (Å²) in [5.74, 6) is 0.842. The third-order valence-corrected chi connectivity index (χ3v) is 3.50. The minimum atomic E-state index is 0.544. The molecule has 0 radical (unpaired) electrons. The topological polar surface area (TPSA) is 9.23 Å². The molecule has 0 aliphatic rings. The molecule has 21 heavy (non-hydrogen) atoms. The molecule has 3 rings (SSSR count). The van der Waals surface area contributed by atoms with Crippen LogP contribution < -0.4 is 4.74 Å². The number of hydrogen-bond acceptors (Lipinski definition) is 1. The molecule has 0 saturated carbocycles. The van der Waals surface area contributed by atoms with Gasteiger partial charge in [-0.1, -0.05) is 72.3 Å². The van der Waals surface area contributed by atoms with E-state index in [1.807, 2.05) is 54.6 Å². The summed E-state index contributed by atoms with van der Waals surface area (Å²) in [6, 6.07) is 26.0. The largest absolute Gasteiger partial charge is 0.488 e. The summed E-state index contributed by atoms with van der Waals surface area (Å²) in [6.45, 7) is 0.544. The van der Waals surface area contributed by atoms with Crippen molar-refractivity contribution >= 4 is 11.6 Å². The van der Waals surface area contributed by atoms with E-state index in [-0.39, 0.29) is 0 Å². The van der Waals surface area contributed by atoms with Gasteiger partial charge >= 0.3 is 0 Å². The zero-order valence-corrected chi connectivity index (χ0v) is 12.3. The van der Waals surface area contributed by atoms with E-state index in [4.69, 9.17) is 16.3 Å². The van der Waals surface area contributed by atoms with Crippen molar-refractivity contribution in [1.29, 1.82) is 0 Å². The lowest BCUT2D eigenvalue weighted by Crippen LogP contribution is -1.96. The summed E-state index contributed by atoms with van der Waals surface area (Å²) in [5, 5.41) is 0.709. The van der Waals surface area contributed by atoms with Crippen molar-refractivity contribution in [1.82, 2.24) is 0 Å². The molecule has 0 aliphatic carbocycles. The lowest BCUT2D eigenvalue weighted by atomic mass is 10.0. The van der Waals surface area contributed by atoms with Gasteiger partial charge in [-0.25, -0.2) is 0 Å². The molecule has 3 aromatic carbocycles. The van der Waals surface area contributed by atoms with Gasteiger partial charge in [0.05, 0.1) is 0 Å². The van der Waals surface area contributed by atoms with Crippen LogP contribution in [0.1, 0.15) is 5.56 Å². The van der Waals surface area contributed by atoms with Crippen LogP contribution in [0.25, 0.3) is 11.1 Å². The second-order valence-electron chi connectivity index (χ2n) is 4.78. The smallest absolute Gasteiger partial charge is 0.127 e. The van der Waals surface area contributed by atoms with Gasteiger partial charge in [0.15, 0.2) is 0 Å². The molecule has 2 heteroatoms. The van der Waals surface area contributed by atoms with Crippen LogP contribution >= 0.6 is 11.6 Å². The SMILES string of the molecule is Clc1ccc(OCc2ccccc2)c(-c2ccccc2)c1. The number of ether oxygens (including phenoxy) is 1. The van der Waals surface area contributed by atoms with Crippen LogP contribution in [0, 0.1) is 0 Å². The van der Waals surface area contributed by atoms with Gasteiger partial charge in [0, 0.05) is 10.6 Å². The van der Waals surface area contributed by atoms with E-state index in [1.165, 1.54) is 0 Å². The molecule has 104 valence electrons. The first-order chi connectivity index (χ1) is 10.3. The monoisotopic (exact) mass is 294 g/mol. The molecule has 1 nitrogen and oxygen atoms in total. The van der Waals surface area contributed by atoms with Crippen molar-refractivity contribution in [3.63, 3.8) is 0 Å². The van der Waals surface area contributed by atoms with Crippen LogP contribution in [0.4, 0.5) is 0 Å².